The zero-order chi connectivity index (χ0) is 24.8. The molecule has 8 heteroatoms. The first kappa shape index (κ1) is 23.0. The van der Waals surface area contributed by atoms with Crippen LogP contribution in [0.1, 0.15) is 55.8 Å². The largest absolute Gasteiger partial charge is 0.396 e. The number of likely N-dealkylation sites (tertiary alicyclic amines) is 1. The fourth-order valence-electron chi connectivity index (χ4n) is 5.73. The van der Waals surface area contributed by atoms with Gasteiger partial charge < -0.3 is 20.4 Å². The molecule has 2 aromatic heterocycles. The minimum atomic E-state index is 0.0764. The number of aromatic nitrogens is 2. The van der Waals surface area contributed by atoms with Crippen molar-refractivity contribution in [2.45, 2.75) is 50.5 Å². The van der Waals surface area contributed by atoms with E-state index in [1.54, 1.807) is 17.2 Å². The van der Waals surface area contributed by atoms with E-state index in [1.165, 1.54) is 0 Å². The Balaban J connectivity index is 1.25. The van der Waals surface area contributed by atoms with Crippen LogP contribution < -0.4 is 10.6 Å². The van der Waals surface area contributed by atoms with Gasteiger partial charge in [-0.05, 0) is 67.9 Å². The van der Waals surface area contributed by atoms with Gasteiger partial charge in [0.25, 0.3) is 0 Å². The summed E-state index contributed by atoms with van der Waals surface area (Å²) in [4.78, 5) is 40.8. The molecular weight excluding hydrogens is 452 g/mol. The lowest BCUT2D eigenvalue weighted by Gasteiger charge is -2.43. The molecule has 0 unspecified atom stereocenters. The molecule has 8 nitrogen and oxygen atoms in total. The zero-order valence-electron chi connectivity index (χ0n) is 20.7. The highest BCUT2D eigenvalue weighted by Gasteiger charge is 2.42. The first-order chi connectivity index (χ1) is 17.5. The summed E-state index contributed by atoms with van der Waals surface area (Å²) in [6, 6.07) is 6.26. The zero-order valence-corrected chi connectivity index (χ0v) is 20.7. The van der Waals surface area contributed by atoms with Gasteiger partial charge in [-0.25, -0.2) is 4.98 Å². The molecule has 2 N–H and O–H groups in total. The van der Waals surface area contributed by atoms with Gasteiger partial charge >= 0.3 is 0 Å². The molecular formula is C28H34N6O2. The molecule has 2 saturated heterocycles. The third-order valence-electron chi connectivity index (χ3n) is 8.03. The fourth-order valence-corrected chi connectivity index (χ4v) is 5.73. The Morgan fingerprint density at radius 1 is 1.17 bits per heavy atom. The Labute approximate surface area is 212 Å². The Morgan fingerprint density at radius 3 is 2.69 bits per heavy atom. The second-order valence-electron chi connectivity index (χ2n) is 10.6. The third-order valence-corrected chi connectivity index (χ3v) is 8.03. The predicted molar refractivity (Wildman–Crippen MR) is 140 cm³/mol. The van der Waals surface area contributed by atoms with Crippen LogP contribution in [-0.4, -0.2) is 70.3 Å². The van der Waals surface area contributed by atoms with E-state index in [0.29, 0.717) is 43.6 Å². The predicted octanol–water partition coefficient (Wildman–Crippen LogP) is 3.30. The Kier molecular flexibility index (Phi) is 5.90. The van der Waals surface area contributed by atoms with Crippen molar-refractivity contribution in [3.8, 4) is 11.1 Å². The second-order valence-corrected chi connectivity index (χ2v) is 10.6. The summed E-state index contributed by atoms with van der Waals surface area (Å²) < 4.78 is 0. The van der Waals surface area contributed by atoms with Gasteiger partial charge in [-0.15, -0.1) is 0 Å². The normalized spacial score (nSPS) is 22.3. The molecule has 0 spiro atoms. The molecule has 4 heterocycles. The number of carbonyl (C=O) groups excluding carboxylic acids is 2. The molecule has 4 aliphatic rings. The third kappa shape index (κ3) is 4.45. The van der Waals surface area contributed by atoms with Crippen LogP contribution in [0.4, 0.5) is 11.5 Å². The molecule has 2 aromatic rings. The van der Waals surface area contributed by atoms with Crippen molar-refractivity contribution in [2.75, 3.05) is 43.4 Å². The molecule has 0 bridgehead atoms. The van der Waals surface area contributed by atoms with E-state index < -0.39 is 0 Å². The number of rotatable bonds is 7. The molecule has 188 valence electrons. The number of carbonyl (C=O) groups is 2. The molecule has 2 aliphatic heterocycles. The lowest BCUT2D eigenvalue weighted by Crippen LogP contribution is -2.58. The summed E-state index contributed by atoms with van der Waals surface area (Å²) in [6.07, 6.45) is 9.55. The minimum Gasteiger partial charge on any atom is -0.396 e. The average Bonchev–Trinajstić information content (AvgIpc) is 3.82. The highest BCUT2D eigenvalue weighted by Crippen LogP contribution is 2.46. The van der Waals surface area contributed by atoms with Crippen molar-refractivity contribution in [3.05, 3.63) is 42.4 Å². The van der Waals surface area contributed by atoms with Gasteiger partial charge in [0.2, 0.25) is 11.8 Å². The van der Waals surface area contributed by atoms with E-state index >= 15 is 0 Å². The van der Waals surface area contributed by atoms with E-state index in [1.807, 2.05) is 17.0 Å². The maximum absolute atomic E-state index is 13.2. The van der Waals surface area contributed by atoms with Crippen molar-refractivity contribution in [3.63, 3.8) is 0 Å². The number of nitrogens with zero attached hydrogens (tertiary/aromatic N) is 5. The average molecular weight is 487 g/mol. The highest BCUT2D eigenvalue weighted by molar-refractivity contribution is 5.86. The van der Waals surface area contributed by atoms with Crippen LogP contribution in [0.2, 0.25) is 0 Å². The van der Waals surface area contributed by atoms with Gasteiger partial charge in [0.15, 0.2) is 5.82 Å². The van der Waals surface area contributed by atoms with E-state index in [2.05, 4.69) is 22.5 Å². The smallest absolute Gasteiger partial charge is 0.242 e. The number of piperazine rings is 1. The number of pyridine rings is 2. The van der Waals surface area contributed by atoms with Crippen molar-refractivity contribution < 1.29 is 9.59 Å². The Hall–Kier alpha value is -3.42. The van der Waals surface area contributed by atoms with Crippen LogP contribution in [0, 0.1) is 5.92 Å². The molecule has 2 saturated carbocycles. The quantitative estimate of drug-likeness (QED) is 0.645. The topological polar surface area (TPSA) is 95.7 Å². The van der Waals surface area contributed by atoms with E-state index in [9.17, 15) is 9.59 Å². The maximum atomic E-state index is 13.2. The summed E-state index contributed by atoms with van der Waals surface area (Å²) in [5.74, 6) is 1.99. The van der Waals surface area contributed by atoms with Crippen molar-refractivity contribution >= 4 is 29.4 Å². The SMILES string of the molecule is C=Cc1cc(-c2cc(N)c(N3CCN(C(=O)CN4CCCC4=O)[C@H](C4CC4)C3)nc2C2CC2)ccn1. The molecule has 0 radical (unpaired) electrons. The standard InChI is InChI=1S/C28H34N6O2/c1-2-21-14-20(9-10-30-21)22-15-23(29)28(31-27(22)19-7-8-19)33-12-13-34(24(16-33)18-5-6-18)26(36)17-32-11-3-4-25(32)35/h2,9-10,14-15,18-19,24H,1,3-8,11-13,16-17,29H2/t24-/m0/s1. The fraction of sp³-hybridized carbons (Fsp3) is 0.500. The summed E-state index contributed by atoms with van der Waals surface area (Å²) in [7, 11) is 0. The monoisotopic (exact) mass is 486 g/mol. The Morgan fingerprint density at radius 2 is 2.00 bits per heavy atom. The van der Waals surface area contributed by atoms with Gasteiger partial charge in [-0.2, -0.15) is 0 Å². The lowest BCUT2D eigenvalue weighted by molar-refractivity contribution is -0.140. The van der Waals surface area contributed by atoms with Crippen LogP contribution in [0.5, 0.6) is 0 Å². The van der Waals surface area contributed by atoms with E-state index in [4.69, 9.17) is 10.7 Å². The summed E-state index contributed by atoms with van der Waals surface area (Å²) >= 11 is 0. The van der Waals surface area contributed by atoms with Crippen LogP contribution in [0.3, 0.4) is 0 Å². The molecule has 0 aromatic carbocycles. The van der Waals surface area contributed by atoms with Crippen LogP contribution in [0.15, 0.2) is 31.0 Å². The van der Waals surface area contributed by atoms with Gasteiger partial charge in [-0.1, -0.05) is 6.58 Å². The molecule has 1 atom stereocenters. The highest BCUT2D eigenvalue weighted by atomic mass is 16.2. The molecule has 2 amide bonds. The minimum absolute atomic E-state index is 0.0764. The summed E-state index contributed by atoms with van der Waals surface area (Å²) in [6.45, 7) is 6.82. The van der Waals surface area contributed by atoms with E-state index in [0.717, 1.165) is 67.0 Å². The second kappa shape index (κ2) is 9.22. The number of nitrogens with two attached hydrogens (primary N) is 1. The number of amides is 2. The van der Waals surface area contributed by atoms with Gasteiger partial charge in [-0.3, -0.25) is 14.6 Å². The van der Waals surface area contributed by atoms with E-state index in [-0.39, 0.29) is 24.4 Å². The maximum Gasteiger partial charge on any atom is 0.242 e. The lowest BCUT2D eigenvalue weighted by atomic mass is 10.00. The van der Waals surface area contributed by atoms with Gasteiger partial charge in [0.1, 0.15) is 0 Å². The van der Waals surface area contributed by atoms with Crippen LogP contribution in [-0.2, 0) is 9.59 Å². The molecule has 2 aliphatic carbocycles. The first-order valence-corrected chi connectivity index (χ1v) is 13.2. The Bertz CT molecular complexity index is 1200. The number of nitrogen functional groups attached to an aromatic ring is 1. The number of anilines is 2. The molecule has 6 rings (SSSR count). The van der Waals surface area contributed by atoms with Crippen LogP contribution in [0.25, 0.3) is 17.2 Å². The van der Waals surface area contributed by atoms with Gasteiger partial charge in [0.05, 0.1) is 29.7 Å². The van der Waals surface area contributed by atoms with Crippen molar-refractivity contribution in [1.29, 1.82) is 0 Å². The molecule has 4 fully saturated rings. The number of hydrogen-bond donors (Lipinski definition) is 1. The van der Waals surface area contributed by atoms with Gasteiger partial charge in [0, 0.05) is 50.3 Å². The molecule has 36 heavy (non-hydrogen) atoms. The van der Waals surface area contributed by atoms with Crippen molar-refractivity contribution in [2.24, 2.45) is 5.92 Å². The number of hydrogen-bond acceptors (Lipinski definition) is 6. The summed E-state index contributed by atoms with van der Waals surface area (Å²) in [5.41, 5.74) is 11.4. The van der Waals surface area contributed by atoms with Crippen molar-refractivity contribution in [1.82, 2.24) is 19.8 Å². The first-order valence-electron chi connectivity index (χ1n) is 13.2. The van der Waals surface area contributed by atoms with Crippen LogP contribution >= 0.6 is 0 Å². The summed E-state index contributed by atoms with van der Waals surface area (Å²) in [5, 5.41) is 0.